The summed E-state index contributed by atoms with van der Waals surface area (Å²) in [5.74, 6) is -1.11. The maximum Gasteiger partial charge on any atom is 0.264 e. The van der Waals surface area contributed by atoms with Gasteiger partial charge in [0, 0.05) is 5.56 Å². The Morgan fingerprint density at radius 1 is 1.19 bits per heavy atom. The molecule has 0 saturated carbocycles. The molecule has 0 bridgehead atoms. The smallest absolute Gasteiger partial charge is 0.264 e. The number of hydrogen-bond donors (Lipinski definition) is 3. The van der Waals surface area contributed by atoms with E-state index >= 15 is 0 Å². The van der Waals surface area contributed by atoms with Crippen molar-refractivity contribution in [3.05, 3.63) is 59.4 Å². The molecular weight excluding hydrogens is 293 g/mol. The zero-order chi connectivity index (χ0) is 15.6. The second kappa shape index (κ2) is 5.53. The lowest BCUT2D eigenvalue weighted by Gasteiger charge is -2.14. The van der Waals surface area contributed by atoms with Gasteiger partial charge in [-0.1, -0.05) is 24.3 Å². The van der Waals surface area contributed by atoms with Gasteiger partial charge in [-0.25, -0.2) is 12.8 Å². The van der Waals surface area contributed by atoms with Crippen LogP contribution in [0.5, 0.6) is 0 Å². The molecule has 0 spiro atoms. The minimum Gasteiger partial charge on any atom is -0.384 e. The highest BCUT2D eigenvalue weighted by molar-refractivity contribution is 7.92. The standard InChI is InChI=1S/C14H14FN3O2S/c1-9-5-4-7-11(13(9)14(16)17)18-21(19,20)12-8-3-2-6-10(12)15/h2-8,18H,1H3,(H3,16,17). The van der Waals surface area contributed by atoms with Crippen LogP contribution in [0.3, 0.4) is 0 Å². The van der Waals surface area contributed by atoms with Gasteiger partial charge < -0.3 is 5.73 Å². The van der Waals surface area contributed by atoms with E-state index < -0.39 is 20.7 Å². The highest BCUT2D eigenvalue weighted by Crippen LogP contribution is 2.23. The fourth-order valence-electron chi connectivity index (χ4n) is 1.97. The average molecular weight is 307 g/mol. The Hall–Kier alpha value is -2.41. The number of amidine groups is 1. The van der Waals surface area contributed by atoms with Crippen LogP contribution >= 0.6 is 0 Å². The number of rotatable bonds is 4. The van der Waals surface area contributed by atoms with Gasteiger partial charge in [0.05, 0.1) is 5.69 Å². The van der Waals surface area contributed by atoms with Crippen molar-refractivity contribution in [3.8, 4) is 0 Å². The zero-order valence-corrected chi connectivity index (χ0v) is 12.0. The van der Waals surface area contributed by atoms with Gasteiger partial charge in [0.1, 0.15) is 16.5 Å². The Labute approximate surface area is 122 Å². The van der Waals surface area contributed by atoms with Crippen molar-refractivity contribution < 1.29 is 12.8 Å². The van der Waals surface area contributed by atoms with Crippen LogP contribution in [0.2, 0.25) is 0 Å². The third-order valence-electron chi connectivity index (χ3n) is 2.91. The van der Waals surface area contributed by atoms with E-state index in [1.807, 2.05) is 0 Å². The maximum atomic E-state index is 13.6. The van der Waals surface area contributed by atoms with E-state index in [9.17, 15) is 12.8 Å². The Bertz CT molecular complexity index is 804. The van der Waals surface area contributed by atoms with Crippen LogP contribution in [0.1, 0.15) is 11.1 Å². The highest BCUT2D eigenvalue weighted by Gasteiger charge is 2.20. The number of nitrogen functional groups attached to an aromatic ring is 1. The molecule has 0 aliphatic carbocycles. The number of aryl methyl sites for hydroxylation is 1. The maximum absolute atomic E-state index is 13.6. The first kappa shape index (κ1) is 15.0. The first-order valence-electron chi connectivity index (χ1n) is 6.04. The molecule has 0 aliphatic rings. The van der Waals surface area contributed by atoms with Crippen LogP contribution in [0.25, 0.3) is 0 Å². The number of halogens is 1. The lowest BCUT2D eigenvalue weighted by atomic mass is 10.1. The van der Waals surface area contributed by atoms with Crippen molar-refractivity contribution in [3.63, 3.8) is 0 Å². The van der Waals surface area contributed by atoms with Gasteiger partial charge in [0.25, 0.3) is 10.0 Å². The molecule has 0 aliphatic heterocycles. The Morgan fingerprint density at radius 3 is 2.48 bits per heavy atom. The fraction of sp³-hybridized carbons (Fsp3) is 0.0714. The van der Waals surface area contributed by atoms with Gasteiger partial charge in [-0.3, -0.25) is 10.1 Å². The summed E-state index contributed by atoms with van der Waals surface area (Å²) >= 11 is 0. The molecule has 0 heterocycles. The van der Waals surface area contributed by atoms with Crippen molar-refractivity contribution in [1.82, 2.24) is 0 Å². The highest BCUT2D eigenvalue weighted by atomic mass is 32.2. The van der Waals surface area contributed by atoms with Gasteiger partial charge in [-0.05, 0) is 30.7 Å². The molecule has 2 aromatic rings. The number of sulfonamides is 1. The van der Waals surface area contributed by atoms with E-state index in [2.05, 4.69) is 4.72 Å². The van der Waals surface area contributed by atoms with Crippen molar-refractivity contribution >= 4 is 21.5 Å². The molecule has 0 aromatic heterocycles. The SMILES string of the molecule is Cc1cccc(NS(=O)(=O)c2ccccc2F)c1C(=N)N. The summed E-state index contributed by atoms with van der Waals surface area (Å²) in [5, 5.41) is 7.54. The lowest BCUT2D eigenvalue weighted by molar-refractivity contribution is 0.570. The van der Waals surface area contributed by atoms with E-state index in [1.54, 1.807) is 19.1 Å². The summed E-state index contributed by atoms with van der Waals surface area (Å²) in [4.78, 5) is -0.457. The van der Waals surface area contributed by atoms with Gasteiger partial charge in [-0.2, -0.15) is 0 Å². The quantitative estimate of drug-likeness (QED) is 0.597. The first-order chi connectivity index (χ1) is 9.83. The second-order valence-corrected chi connectivity index (χ2v) is 6.10. The van der Waals surface area contributed by atoms with Crippen LogP contribution in [-0.4, -0.2) is 14.3 Å². The lowest BCUT2D eigenvalue weighted by Crippen LogP contribution is -2.20. The number of hydrogen-bond acceptors (Lipinski definition) is 3. The van der Waals surface area contributed by atoms with Gasteiger partial charge in [-0.15, -0.1) is 0 Å². The molecule has 0 atom stereocenters. The van der Waals surface area contributed by atoms with E-state index in [0.717, 1.165) is 6.07 Å². The summed E-state index contributed by atoms with van der Waals surface area (Å²) in [6.07, 6.45) is 0. The van der Waals surface area contributed by atoms with Crippen molar-refractivity contribution in [2.75, 3.05) is 4.72 Å². The van der Waals surface area contributed by atoms with Crippen molar-refractivity contribution in [2.45, 2.75) is 11.8 Å². The third-order valence-corrected chi connectivity index (χ3v) is 4.31. The third kappa shape index (κ3) is 3.03. The normalized spacial score (nSPS) is 11.1. The first-order valence-corrected chi connectivity index (χ1v) is 7.52. The number of benzene rings is 2. The Balaban J connectivity index is 2.50. The minimum absolute atomic E-state index is 0.144. The van der Waals surface area contributed by atoms with Crippen molar-refractivity contribution in [1.29, 1.82) is 5.41 Å². The van der Waals surface area contributed by atoms with Crippen LogP contribution in [0.15, 0.2) is 47.4 Å². The predicted octanol–water partition coefficient (Wildman–Crippen LogP) is 2.22. The van der Waals surface area contributed by atoms with E-state index in [0.29, 0.717) is 5.56 Å². The minimum atomic E-state index is -4.09. The molecule has 0 unspecified atom stereocenters. The molecule has 7 heteroatoms. The predicted molar refractivity (Wildman–Crippen MR) is 79.4 cm³/mol. The summed E-state index contributed by atoms with van der Waals surface area (Å²) in [6.45, 7) is 1.71. The van der Waals surface area contributed by atoms with E-state index in [4.69, 9.17) is 11.1 Å². The van der Waals surface area contributed by atoms with Crippen LogP contribution < -0.4 is 10.5 Å². The monoisotopic (exact) mass is 307 g/mol. The zero-order valence-electron chi connectivity index (χ0n) is 11.2. The van der Waals surface area contributed by atoms with E-state index in [1.165, 1.54) is 24.3 Å². The summed E-state index contributed by atoms with van der Waals surface area (Å²) in [7, 11) is -4.09. The topological polar surface area (TPSA) is 96.0 Å². The number of anilines is 1. The largest absolute Gasteiger partial charge is 0.384 e. The molecule has 0 amide bonds. The molecule has 21 heavy (non-hydrogen) atoms. The Kier molecular flexibility index (Phi) is 3.95. The van der Waals surface area contributed by atoms with Crippen LogP contribution in [0.4, 0.5) is 10.1 Å². The number of nitrogens with one attached hydrogen (secondary N) is 2. The summed E-state index contributed by atoms with van der Waals surface area (Å²) < 4.78 is 40.4. The fourth-order valence-corrected chi connectivity index (χ4v) is 3.12. The molecule has 0 saturated heterocycles. The van der Waals surface area contributed by atoms with Gasteiger partial charge in [0.2, 0.25) is 0 Å². The molecular formula is C14H14FN3O2S. The average Bonchev–Trinajstić information content (AvgIpc) is 2.38. The van der Waals surface area contributed by atoms with Crippen molar-refractivity contribution in [2.24, 2.45) is 5.73 Å². The molecule has 2 aromatic carbocycles. The van der Waals surface area contributed by atoms with E-state index in [-0.39, 0.29) is 17.1 Å². The molecule has 0 radical (unpaired) electrons. The molecule has 2 rings (SSSR count). The number of nitrogens with two attached hydrogens (primary N) is 1. The Morgan fingerprint density at radius 2 is 1.86 bits per heavy atom. The molecule has 0 fully saturated rings. The summed E-state index contributed by atoms with van der Waals surface area (Å²) in [5.41, 5.74) is 6.55. The molecule has 4 N–H and O–H groups in total. The second-order valence-electron chi connectivity index (χ2n) is 4.45. The van der Waals surface area contributed by atoms with Gasteiger partial charge >= 0.3 is 0 Å². The van der Waals surface area contributed by atoms with Crippen LogP contribution in [-0.2, 0) is 10.0 Å². The molecule has 110 valence electrons. The summed E-state index contributed by atoms with van der Waals surface area (Å²) in [6, 6.07) is 9.88. The van der Waals surface area contributed by atoms with Crippen LogP contribution in [0, 0.1) is 18.2 Å². The molecule has 5 nitrogen and oxygen atoms in total. The van der Waals surface area contributed by atoms with Gasteiger partial charge in [0.15, 0.2) is 0 Å².